The fourth-order valence-corrected chi connectivity index (χ4v) is 7.65. The molecule has 0 fully saturated rings. The Morgan fingerprint density at radius 1 is 0.457 bits per heavy atom. The Labute approximate surface area is 272 Å². The van der Waals surface area contributed by atoms with Crippen LogP contribution in [0.4, 0.5) is 17.1 Å². The molecule has 46 heavy (non-hydrogen) atoms. The van der Waals surface area contributed by atoms with Gasteiger partial charge < -0.3 is 9.47 Å². The molecule has 0 aliphatic carbocycles. The Balaban J connectivity index is 1.43. The van der Waals surface area contributed by atoms with Gasteiger partial charge in [0.2, 0.25) is 0 Å². The summed E-state index contributed by atoms with van der Waals surface area (Å²) in [6, 6.07) is 53.1. The SMILES string of the molecule is CN1C(C)(C)c2ccc(-c3cc(N(c4ccccc4)c4ccccc4)cc(-n4c5ccccc5c5ccccc54)c3)cc2C1(C)C. The van der Waals surface area contributed by atoms with Gasteiger partial charge in [-0.1, -0.05) is 84.9 Å². The van der Waals surface area contributed by atoms with Crippen molar-refractivity contribution >= 4 is 38.9 Å². The molecule has 226 valence electrons. The topological polar surface area (TPSA) is 11.4 Å². The van der Waals surface area contributed by atoms with Gasteiger partial charge in [0.15, 0.2) is 0 Å². The van der Waals surface area contributed by atoms with Crippen molar-refractivity contribution in [1.29, 1.82) is 0 Å². The lowest BCUT2D eigenvalue weighted by atomic mass is 9.88. The lowest BCUT2D eigenvalue weighted by Gasteiger charge is -2.37. The van der Waals surface area contributed by atoms with E-state index in [1.807, 2.05) is 0 Å². The molecule has 0 saturated carbocycles. The number of para-hydroxylation sites is 4. The summed E-state index contributed by atoms with van der Waals surface area (Å²) in [6.45, 7) is 9.35. The first-order chi connectivity index (χ1) is 22.2. The minimum atomic E-state index is -0.0811. The van der Waals surface area contributed by atoms with Crippen LogP contribution in [-0.4, -0.2) is 16.5 Å². The van der Waals surface area contributed by atoms with E-state index in [4.69, 9.17) is 0 Å². The van der Waals surface area contributed by atoms with Gasteiger partial charge in [0.1, 0.15) is 0 Å². The zero-order valence-corrected chi connectivity index (χ0v) is 27.2. The molecule has 3 nitrogen and oxygen atoms in total. The molecule has 0 unspecified atom stereocenters. The monoisotopic (exact) mass is 597 g/mol. The molecule has 1 aromatic heterocycles. The number of aromatic nitrogens is 1. The Hall–Kier alpha value is -5.12. The third-order valence-electron chi connectivity index (χ3n) is 10.4. The zero-order valence-electron chi connectivity index (χ0n) is 27.2. The summed E-state index contributed by atoms with van der Waals surface area (Å²) in [7, 11) is 2.25. The molecule has 1 aliphatic heterocycles. The zero-order chi connectivity index (χ0) is 31.6. The summed E-state index contributed by atoms with van der Waals surface area (Å²) in [5, 5.41) is 2.52. The van der Waals surface area contributed by atoms with Crippen LogP contribution in [0, 0.1) is 0 Å². The van der Waals surface area contributed by atoms with Gasteiger partial charge >= 0.3 is 0 Å². The molecule has 8 rings (SSSR count). The van der Waals surface area contributed by atoms with Crippen LogP contribution in [0.3, 0.4) is 0 Å². The van der Waals surface area contributed by atoms with Crippen molar-refractivity contribution in [3.63, 3.8) is 0 Å². The number of hydrogen-bond donors (Lipinski definition) is 0. The van der Waals surface area contributed by atoms with Crippen LogP contribution < -0.4 is 4.90 Å². The van der Waals surface area contributed by atoms with Gasteiger partial charge in [0.25, 0.3) is 0 Å². The first-order valence-electron chi connectivity index (χ1n) is 16.2. The molecule has 0 radical (unpaired) electrons. The molecule has 0 atom stereocenters. The van der Waals surface area contributed by atoms with E-state index in [0.29, 0.717) is 0 Å². The van der Waals surface area contributed by atoms with E-state index in [2.05, 4.69) is 195 Å². The van der Waals surface area contributed by atoms with Crippen molar-refractivity contribution in [1.82, 2.24) is 9.47 Å². The average molecular weight is 598 g/mol. The van der Waals surface area contributed by atoms with Crippen molar-refractivity contribution in [3.05, 3.63) is 157 Å². The first kappa shape index (κ1) is 28.4. The Morgan fingerprint density at radius 3 is 1.57 bits per heavy atom. The number of anilines is 3. The van der Waals surface area contributed by atoms with E-state index in [1.54, 1.807) is 0 Å². The first-order valence-corrected chi connectivity index (χ1v) is 16.2. The average Bonchev–Trinajstić information content (AvgIpc) is 3.49. The second-order valence-electron chi connectivity index (χ2n) is 13.6. The second kappa shape index (κ2) is 10.5. The Bertz CT molecular complexity index is 2130. The fourth-order valence-electron chi connectivity index (χ4n) is 7.65. The van der Waals surface area contributed by atoms with Crippen molar-refractivity contribution in [3.8, 4) is 16.8 Å². The van der Waals surface area contributed by atoms with Crippen molar-refractivity contribution < 1.29 is 0 Å². The molecule has 1 aliphatic rings. The van der Waals surface area contributed by atoms with Crippen LogP contribution in [0.5, 0.6) is 0 Å². The second-order valence-corrected chi connectivity index (χ2v) is 13.6. The summed E-state index contributed by atoms with van der Waals surface area (Å²) in [5.74, 6) is 0. The Morgan fingerprint density at radius 2 is 0.978 bits per heavy atom. The number of benzene rings is 6. The van der Waals surface area contributed by atoms with E-state index < -0.39 is 0 Å². The van der Waals surface area contributed by atoms with Gasteiger partial charge in [0, 0.05) is 44.6 Å². The van der Waals surface area contributed by atoms with Crippen molar-refractivity contribution in [2.24, 2.45) is 0 Å². The third-order valence-corrected chi connectivity index (χ3v) is 10.4. The highest BCUT2D eigenvalue weighted by atomic mass is 15.2. The fraction of sp³-hybridized carbons (Fsp3) is 0.163. The molecule has 6 aromatic carbocycles. The van der Waals surface area contributed by atoms with E-state index in [0.717, 1.165) is 22.7 Å². The predicted octanol–water partition coefficient (Wildman–Crippen LogP) is 11.3. The molecule has 7 aromatic rings. The third kappa shape index (κ3) is 4.30. The van der Waals surface area contributed by atoms with E-state index in [-0.39, 0.29) is 11.1 Å². The lowest BCUT2D eigenvalue weighted by Crippen LogP contribution is -2.42. The van der Waals surface area contributed by atoms with Crippen LogP contribution >= 0.6 is 0 Å². The van der Waals surface area contributed by atoms with Gasteiger partial charge in [-0.15, -0.1) is 0 Å². The minimum Gasteiger partial charge on any atom is -0.310 e. The lowest BCUT2D eigenvalue weighted by molar-refractivity contribution is 0.0730. The Kier molecular flexibility index (Phi) is 6.46. The summed E-state index contributed by atoms with van der Waals surface area (Å²) < 4.78 is 2.43. The molecule has 0 N–H and O–H groups in total. The van der Waals surface area contributed by atoms with Gasteiger partial charge in [-0.05, 0) is 118 Å². The minimum absolute atomic E-state index is 0.0369. The van der Waals surface area contributed by atoms with E-state index >= 15 is 0 Å². The van der Waals surface area contributed by atoms with Crippen LogP contribution in [0.25, 0.3) is 38.6 Å². The number of hydrogen-bond acceptors (Lipinski definition) is 2. The quantitative estimate of drug-likeness (QED) is 0.196. The highest BCUT2D eigenvalue weighted by Crippen LogP contribution is 2.49. The summed E-state index contributed by atoms with van der Waals surface area (Å²) in [4.78, 5) is 4.87. The van der Waals surface area contributed by atoms with Gasteiger partial charge in [-0.3, -0.25) is 4.90 Å². The normalized spacial score (nSPS) is 15.3. The predicted molar refractivity (Wildman–Crippen MR) is 195 cm³/mol. The molecular formula is C43H39N3. The number of rotatable bonds is 5. The van der Waals surface area contributed by atoms with Gasteiger partial charge in [0.05, 0.1) is 11.0 Å². The molecule has 3 heteroatoms. The molecular weight excluding hydrogens is 558 g/mol. The molecule has 0 saturated heterocycles. The van der Waals surface area contributed by atoms with Gasteiger partial charge in [-0.25, -0.2) is 0 Å². The largest absolute Gasteiger partial charge is 0.310 e. The van der Waals surface area contributed by atoms with Crippen LogP contribution in [-0.2, 0) is 11.1 Å². The van der Waals surface area contributed by atoms with Crippen LogP contribution in [0.15, 0.2) is 146 Å². The van der Waals surface area contributed by atoms with Crippen molar-refractivity contribution in [2.75, 3.05) is 11.9 Å². The maximum absolute atomic E-state index is 2.50. The maximum Gasteiger partial charge on any atom is 0.0541 e. The van der Waals surface area contributed by atoms with E-state index in [9.17, 15) is 0 Å². The van der Waals surface area contributed by atoms with Gasteiger partial charge in [-0.2, -0.15) is 0 Å². The molecule has 2 heterocycles. The van der Waals surface area contributed by atoms with E-state index in [1.165, 1.54) is 44.1 Å². The highest BCUT2D eigenvalue weighted by molar-refractivity contribution is 6.09. The smallest absolute Gasteiger partial charge is 0.0541 e. The van der Waals surface area contributed by atoms with Crippen molar-refractivity contribution in [2.45, 2.75) is 38.8 Å². The summed E-state index contributed by atoms with van der Waals surface area (Å²) in [6.07, 6.45) is 0. The summed E-state index contributed by atoms with van der Waals surface area (Å²) >= 11 is 0. The molecule has 0 bridgehead atoms. The number of nitrogens with zero attached hydrogens (tertiary/aromatic N) is 3. The molecule has 0 spiro atoms. The van der Waals surface area contributed by atoms with Crippen LogP contribution in [0.2, 0.25) is 0 Å². The molecule has 0 amide bonds. The highest BCUT2D eigenvalue weighted by Gasteiger charge is 2.46. The van der Waals surface area contributed by atoms with Crippen LogP contribution in [0.1, 0.15) is 38.8 Å². The summed E-state index contributed by atoms with van der Waals surface area (Å²) in [5.41, 5.74) is 12.0. The maximum atomic E-state index is 2.50. The standard InChI is InChI=1S/C43H39N3/c1-42(2)38-25-24-30(28-39(38)43(3,4)44(42)5)31-26-34(45(32-16-8-6-9-17-32)33-18-10-7-11-19-33)29-35(27-31)46-40-22-14-12-20-36(40)37-21-13-15-23-41(37)46/h6-29H,1-5H3. The number of fused-ring (bicyclic) bond motifs is 4.